The molecule has 170 valence electrons. The van der Waals surface area contributed by atoms with Gasteiger partial charge in [0, 0.05) is 19.1 Å². The molecule has 6 aliphatic rings. The average Bonchev–Trinajstić information content (AvgIpc) is 3.09. The lowest BCUT2D eigenvalue weighted by atomic mass is 9.51. The van der Waals surface area contributed by atoms with E-state index in [1.165, 1.54) is 45.2 Å². The van der Waals surface area contributed by atoms with E-state index in [2.05, 4.69) is 25.7 Å². The Labute approximate surface area is 184 Å². The molecule has 3 nitrogen and oxygen atoms in total. The molecule has 0 radical (unpaired) electrons. The monoisotopic (exact) mass is 415 g/mol. The molecule has 6 fully saturated rings. The van der Waals surface area contributed by atoms with Crippen LogP contribution in [0.1, 0.15) is 78.6 Å². The highest BCUT2D eigenvalue weighted by molar-refractivity contribution is 5.12. The number of fused-ring (bicyclic) bond motifs is 8. The molecule has 0 aromatic heterocycles. The summed E-state index contributed by atoms with van der Waals surface area (Å²) in [4.78, 5) is 2.92. The third-order valence-corrected chi connectivity index (χ3v) is 12.0. The zero-order valence-electron chi connectivity index (χ0n) is 19.5. The molecule has 2 heterocycles. The number of nitrogens with zero attached hydrogens (tertiary/aromatic N) is 1. The first-order valence-electron chi connectivity index (χ1n) is 13.5. The third-order valence-electron chi connectivity index (χ3n) is 12.0. The van der Waals surface area contributed by atoms with Crippen molar-refractivity contribution < 1.29 is 10.2 Å². The summed E-state index contributed by atoms with van der Waals surface area (Å²) in [6, 6.07) is 0.853. The molecule has 13 atom stereocenters. The summed E-state index contributed by atoms with van der Waals surface area (Å²) in [5.41, 5.74) is 0.261. The van der Waals surface area contributed by atoms with E-state index in [4.69, 9.17) is 0 Å². The van der Waals surface area contributed by atoms with E-state index in [-0.39, 0.29) is 17.6 Å². The van der Waals surface area contributed by atoms with Crippen LogP contribution >= 0.6 is 0 Å². The molecular weight excluding hydrogens is 370 g/mol. The van der Waals surface area contributed by atoms with E-state index in [0.717, 1.165) is 79.1 Å². The normalized spacial score (nSPS) is 60.7. The van der Waals surface area contributed by atoms with Crippen molar-refractivity contribution in [1.82, 2.24) is 4.90 Å². The van der Waals surface area contributed by atoms with Gasteiger partial charge in [0.1, 0.15) is 0 Å². The second kappa shape index (κ2) is 7.19. The van der Waals surface area contributed by atoms with Gasteiger partial charge in [0.2, 0.25) is 0 Å². The Morgan fingerprint density at radius 3 is 2.37 bits per heavy atom. The third kappa shape index (κ3) is 2.86. The summed E-state index contributed by atoms with van der Waals surface area (Å²) in [5, 5.41) is 21.5. The number of rotatable bonds is 0. The van der Waals surface area contributed by atoms with Gasteiger partial charge in [0.15, 0.2) is 0 Å². The van der Waals surface area contributed by atoms with Gasteiger partial charge in [-0.15, -0.1) is 0 Å². The Morgan fingerprint density at radius 2 is 1.53 bits per heavy atom. The average molecular weight is 416 g/mol. The molecule has 2 aliphatic heterocycles. The van der Waals surface area contributed by atoms with Crippen LogP contribution in [0.2, 0.25) is 0 Å². The Balaban J connectivity index is 1.28. The Hall–Kier alpha value is -0.120. The molecule has 0 spiro atoms. The highest BCUT2D eigenvalue weighted by Crippen LogP contribution is 2.67. The van der Waals surface area contributed by atoms with Crippen LogP contribution in [0.3, 0.4) is 0 Å². The van der Waals surface area contributed by atoms with Crippen molar-refractivity contribution in [1.29, 1.82) is 0 Å². The van der Waals surface area contributed by atoms with E-state index >= 15 is 0 Å². The maximum Gasteiger partial charge on any atom is 0.0577 e. The second-order valence-electron chi connectivity index (χ2n) is 13.1. The van der Waals surface area contributed by atoms with Crippen LogP contribution in [0.15, 0.2) is 0 Å². The SMILES string of the molecule is C[C@@H]1CC[C@H]2[C@H](C)[C@@H]3CC[C@H]4[C@@H](C[C@H]5[C@H]4C[C@@H](O)[C@H]4C[C@@H](O)CC[C@@]45C)[C@H]3CN2C1. The maximum absolute atomic E-state index is 11.2. The zero-order valence-corrected chi connectivity index (χ0v) is 19.5. The molecule has 30 heavy (non-hydrogen) atoms. The van der Waals surface area contributed by atoms with Gasteiger partial charge in [0.25, 0.3) is 0 Å². The Morgan fingerprint density at radius 1 is 0.733 bits per heavy atom. The van der Waals surface area contributed by atoms with E-state index < -0.39 is 0 Å². The molecule has 0 aromatic carbocycles. The number of hydrogen-bond acceptors (Lipinski definition) is 3. The molecule has 2 saturated heterocycles. The summed E-state index contributed by atoms with van der Waals surface area (Å²) in [6.07, 6.45) is 10.7. The first-order valence-corrected chi connectivity index (χ1v) is 13.5. The van der Waals surface area contributed by atoms with Crippen molar-refractivity contribution in [3.8, 4) is 0 Å². The summed E-state index contributed by atoms with van der Waals surface area (Å²) < 4.78 is 0. The van der Waals surface area contributed by atoms with Crippen LogP contribution in [0, 0.1) is 58.7 Å². The second-order valence-corrected chi connectivity index (χ2v) is 13.1. The highest BCUT2D eigenvalue weighted by atomic mass is 16.3. The molecule has 0 aromatic rings. The Bertz CT molecular complexity index is 665. The molecule has 3 heteroatoms. The van der Waals surface area contributed by atoms with Crippen molar-refractivity contribution >= 4 is 0 Å². The van der Waals surface area contributed by atoms with Crippen molar-refractivity contribution in [2.45, 2.75) is 96.8 Å². The molecular formula is C27H45NO2. The van der Waals surface area contributed by atoms with E-state index in [1.54, 1.807) is 0 Å². The summed E-state index contributed by atoms with van der Waals surface area (Å²) >= 11 is 0. The standard InChI is InChI=1S/C27H45NO2/c1-15-4-7-25-16(2)18-5-6-19-20(22(18)14-28(25)13-15)11-23-21(19)12-26(30)24-10-17(29)8-9-27(23,24)3/h15-26,29-30H,4-14H2,1-3H3/t15-,16-,17+,18+,19+,20-,21+,22+,23+,24-,25+,26-,27-/m1/s1. The van der Waals surface area contributed by atoms with Crippen LogP contribution in [0.4, 0.5) is 0 Å². The summed E-state index contributed by atoms with van der Waals surface area (Å²) in [5.74, 6) is 7.22. The van der Waals surface area contributed by atoms with Crippen LogP contribution < -0.4 is 0 Å². The van der Waals surface area contributed by atoms with Gasteiger partial charge in [-0.3, -0.25) is 4.90 Å². The maximum atomic E-state index is 11.2. The smallest absolute Gasteiger partial charge is 0.0577 e. The minimum atomic E-state index is -0.181. The van der Waals surface area contributed by atoms with Crippen molar-refractivity contribution in [3.63, 3.8) is 0 Å². The largest absolute Gasteiger partial charge is 0.393 e. The van der Waals surface area contributed by atoms with Gasteiger partial charge in [-0.25, -0.2) is 0 Å². The fourth-order valence-electron chi connectivity index (χ4n) is 10.6. The van der Waals surface area contributed by atoms with Gasteiger partial charge in [0.05, 0.1) is 12.2 Å². The molecule has 6 rings (SSSR count). The van der Waals surface area contributed by atoms with Crippen LogP contribution in [0.25, 0.3) is 0 Å². The lowest BCUT2D eigenvalue weighted by molar-refractivity contribution is -0.130. The number of aliphatic hydroxyl groups is 2. The van der Waals surface area contributed by atoms with Gasteiger partial charge < -0.3 is 10.2 Å². The summed E-state index contributed by atoms with van der Waals surface area (Å²) in [7, 11) is 0. The molecule has 2 N–H and O–H groups in total. The molecule has 4 saturated carbocycles. The van der Waals surface area contributed by atoms with Crippen LogP contribution in [-0.2, 0) is 0 Å². The predicted molar refractivity (Wildman–Crippen MR) is 120 cm³/mol. The molecule has 0 bridgehead atoms. The minimum Gasteiger partial charge on any atom is -0.393 e. The number of hydrogen-bond donors (Lipinski definition) is 2. The highest BCUT2D eigenvalue weighted by Gasteiger charge is 2.62. The van der Waals surface area contributed by atoms with Crippen LogP contribution in [0.5, 0.6) is 0 Å². The minimum absolute atomic E-state index is 0.180. The van der Waals surface area contributed by atoms with E-state index in [1.807, 2.05) is 0 Å². The van der Waals surface area contributed by atoms with Gasteiger partial charge >= 0.3 is 0 Å². The Kier molecular flexibility index (Phi) is 4.91. The number of piperidine rings is 2. The van der Waals surface area contributed by atoms with E-state index in [9.17, 15) is 10.2 Å². The first-order chi connectivity index (χ1) is 14.4. The van der Waals surface area contributed by atoms with Gasteiger partial charge in [-0.2, -0.15) is 0 Å². The fraction of sp³-hybridized carbons (Fsp3) is 1.00. The lowest BCUT2D eigenvalue weighted by Crippen LogP contribution is -2.58. The van der Waals surface area contributed by atoms with Gasteiger partial charge in [-0.1, -0.05) is 20.8 Å². The quantitative estimate of drug-likeness (QED) is 0.609. The summed E-state index contributed by atoms with van der Waals surface area (Å²) in [6.45, 7) is 10.3. The molecule has 0 amide bonds. The van der Waals surface area contributed by atoms with Crippen molar-refractivity contribution in [2.75, 3.05) is 13.1 Å². The first kappa shape index (κ1) is 20.5. The lowest BCUT2D eigenvalue weighted by Gasteiger charge is -2.56. The van der Waals surface area contributed by atoms with Crippen molar-refractivity contribution in [2.24, 2.45) is 58.7 Å². The van der Waals surface area contributed by atoms with Crippen molar-refractivity contribution in [3.05, 3.63) is 0 Å². The topological polar surface area (TPSA) is 43.7 Å². The fourth-order valence-corrected chi connectivity index (χ4v) is 10.6. The predicted octanol–water partition coefficient (Wildman–Crippen LogP) is 4.56. The number of aliphatic hydroxyl groups excluding tert-OH is 2. The van der Waals surface area contributed by atoms with Gasteiger partial charge in [-0.05, 0) is 116 Å². The zero-order chi connectivity index (χ0) is 20.8. The van der Waals surface area contributed by atoms with E-state index in [0.29, 0.717) is 5.92 Å². The molecule has 4 aliphatic carbocycles. The molecule has 0 unspecified atom stereocenters. The van der Waals surface area contributed by atoms with Crippen LogP contribution in [-0.4, -0.2) is 46.5 Å².